The first kappa shape index (κ1) is 49.0. The Morgan fingerprint density at radius 3 is 1.09 bits per heavy atom. The van der Waals surface area contributed by atoms with Crippen molar-refractivity contribution in [1.82, 2.24) is 0 Å². The molecular weight excluding hydrogens is 823 g/mol. The molecule has 0 aromatic heterocycles. The number of benzene rings is 4. The Bertz CT molecular complexity index is 2040. The van der Waals surface area contributed by atoms with Gasteiger partial charge in [-0.2, -0.15) is 0 Å². The van der Waals surface area contributed by atoms with Gasteiger partial charge in [-0.3, -0.25) is 18.1 Å². The first-order chi connectivity index (χ1) is 27.6. The minimum absolute atomic E-state index is 0.0180. The molecule has 16 heteroatoms. The first-order valence-corrected chi connectivity index (χ1v) is 25.8. The van der Waals surface area contributed by atoms with Crippen LogP contribution in [0, 0.1) is 11.8 Å². The summed E-state index contributed by atoms with van der Waals surface area (Å²) in [6, 6.07) is 30.1. The van der Waals surface area contributed by atoms with Crippen LogP contribution in [-0.4, -0.2) is 41.6 Å². The van der Waals surface area contributed by atoms with E-state index in [2.05, 4.69) is 0 Å². The molecule has 58 heavy (non-hydrogen) atoms. The van der Waals surface area contributed by atoms with Crippen LogP contribution in [0.1, 0.15) is 78.4 Å². The predicted molar refractivity (Wildman–Crippen MR) is 227 cm³/mol. The average Bonchev–Trinajstić information content (AvgIpc) is 3.22. The van der Waals surface area contributed by atoms with E-state index in [0.29, 0.717) is 27.5 Å². The molecule has 0 saturated heterocycles. The quantitative estimate of drug-likeness (QED) is 0.0614. The summed E-state index contributed by atoms with van der Waals surface area (Å²) in [5, 5.41) is 0. The van der Waals surface area contributed by atoms with Crippen LogP contribution in [-0.2, 0) is 60.1 Å². The molecular formula is C42H58O12P2S2. The van der Waals surface area contributed by atoms with Gasteiger partial charge < -0.3 is 9.05 Å². The zero-order chi connectivity index (χ0) is 42.7. The van der Waals surface area contributed by atoms with Gasteiger partial charge in [-0.15, -0.1) is 0 Å². The molecule has 0 aliphatic heterocycles. The van der Waals surface area contributed by atoms with E-state index >= 15 is 0 Å². The van der Waals surface area contributed by atoms with E-state index in [1.165, 1.54) is 0 Å². The van der Waals surface area contributed by atoms with Gasteiger partial charge in [-0.1, -0.05) is 114 Å². The van der Waals surface area contributed by atoms with Crippen molar-refractivity contribution in [3.63, 3.8) is 0 Å². The SMILES string of the molecule is CCC(CC)CS(=O)(=O)c1ccc(COP(=O)(Oc2ccccc2)Oc2ccccc2)cc1.CCOP(=O)(OCC)OCc1ccc(S(=O)(=O)CC(CC)CC)cc1. The van der Waals surface area contributed by atoms with Crippen molar-refractivity contribution >= 4 is 35.3 Å². The molecule has 0 aliphatic rings. The summed E-state index contributed by atoms with van der Waals surface area (Å²) < 4.78 is 108. The van der Waals surface area contributed by atoms with Crippen molar-refractivity contribution < 1.29 is 53.1 Å². The Labute approximate surface area is 345 Å². The molecule has 4 aromatic rings. The van der Waals surface area contributed by atoms with E-state index in [0.717, 1.165) is 25.7 Å². The lowest BCUT2D eigenvalue weighted by Gasteiger charge is -2.19. The Morgan fingerprint density at radius 1 is 0.448 bits per heavy atom. The van der Waals surface area contributed by atoms with Gasteiger partial charge >= 0.3 is 15.6 Å². The van der Waals surface area contributed by atoms with Crippen molar-refractivity contribution in [2.24, 2.45) is 11.8 Å². The van der Waals surface area contributed by atoms with Gasteiger partial charge in [0, 0.05) is 0 Å². The number of rotatable bonds is 24. The third kappa shape index (κ3) is 16.4. The molecule has 4 aromatic carbocycles. The second-order valence-corrected chi connectivity index (χ2v) is 20.6. The van der Waals surface area contributed by atoms with Crippen molar-refractivity contribution in [1.29, 1.82) is 0 Å². The molecule has 0 spiro atoms. The highest BCUT2D eigenvalue weighted by molar-refractivity contribution is 7.91. The van der Waals surface area contributed by atoms with E-state index in [4.69, 9.17) is 27.1 Å². The van der Waals surface area contributed by atoms with E-state index in [9.17, 15) is 26.0 Å². The molecule has 0 heterocycles. The third-order valence-corrected chi connectivity index (χ3v) is 15.8. The summed E-state index contributed by atoms with van der Waals surface area (Å²) in [4.78, 5) is 0.559. The molecule has 4 rings (SSSR count). The van der Waals surface area contributed by atoms with Crippen molar-refractivity contribution in [2.45, 2.75) is 90.2 Å². The minimum Gasteiger partial charge on any atom is -0.395 e. The van der Waals surface area contributed by atoms with Crippen LogP contribution in [0.2, 0.25) is 0 Å². The average molecular weight is 881 g/mol. The fourth-order valence-corrected chi connectivity index (χ4v) is 11.5. The number of phosphoric ester groups is 2. The Balaban J connectivity index is 0.000000324. The van der Waals surface area contributed by atoms with Gasteiger partial charge in [0.25, 0.3) is 0 Å². The van der Waals surface area contributed by atoms with Crippen LogP contribution < -0.4 is 9.05 Å². The summed E-state index contributed by atoms with van der Waals surface area (Å²) in [5.41, 5.74) is 1.34. The topological polar surface area (TPSA) is 158 Å². The first-order valence-electron chi connectivity index (χ1n) is 19.5. The summed E-state index contributed by atoms with van der Waals surface area (Å²) in [7, 11) is -14.3. The number of para-hydroxylation sites is 2. The molecule has 12 nitrogen and oxygen atoms in total. The molecule has 0 bridgehead atoms. The molecule has 0 radical (unpaired) electrons. The summed E-state index contributed by atoms with van der Waals surface area (Å²) in [6.45, 7) is 11.8. The fraction of sp³-hybridized carbons (Fsp3) is 0.429. The van der Waals surface area contributed by atoms with Crippen molar-refractivity contribution in [3.8, 4) is 11.5 Å². The molecule has 0 atom stereocenters. The van der Waals surface area contributed by atoms with E-state index < -0.39 is 35.3 Å². The van der Waals surface area contributed by atoms with Crippen LogP contribution in [0.4, 0.5) is 0 Å². The Kier molecular flexibility index (Phi) is 20.3. The molecule has 0 N–H and O–H groups in total. The second-order valence-electron chi connectivity index (χ2n) is 13.3. The minimum atomic E-state index is -4.02. The van der Waals surface area contributed by atoms with Gasteiger partial charge in [-0.05, 0) is 85.3 Å². The van der Waals surface area contributed by atoms with Crippen LogP contribution in [0.25, 0.3) is 0 Å². The lowest BCUT2D eigenvalue weighted by molar-refractivity contribution is 0.116. The monoisotopic (exact) mass is 880 g/mol. The molecule has 0 amide bonds. The van der Waals surface area contributed by atoms with E-state index in [-0.39, 0.29) is 54.7 Å². The lowest BCUT2D eigenvalue weighted by Crippen LogP contribution is -2.15. The number of phosphoric acid groups is 2. The van der Waals surface area contributed by atoms with Gasteiger partial charge in [0.2, 0.25) is 0 Å². The second kappa shape index (κ2) is 24.1. The van der Waals surface area contributed by atoms with E-state index in [1.54, 1.807) is 111 Å². The smallest absolute Gasteiger partial charge is 0.395 e. The highest BCUT2D eigenvalue weighted by Gasteiger charge is 2.31. The zero-order valence-corrected chi connectivity index (χ0v) is 37.6. The summed E-state index contributed by atoms with van der Waals surface area (Å²) in [5.74, 6) is 1.27. The van der Waals surface area contributed by atoms with E-state index in [1.807, 2.05) is 39.8 Å². The Morgan fingerprint density at radius 2 is 0.776 bits per heavy atom. The number of sulfone groups is 2. The largest absolute Gasteiger partial charge is 0.587 e. The normalized spacial score (nSPS) is 12.3. The molecule has 320 valence electrons. The van der Waals surface area contributed by atoms with Gasteiger partial charge in [0.1, 0.15) is 11.5 Å². The Hall–Kier alpha value is -3.32. The van der Waals surface area contributed by atoms with Crippen molar-refractivity contribution in [2.75, 3.05) is 24.7 Å². The summed E-state index contributed by atoms with van der Waals surface area (Å²) in [6.07, 6.45) is 3.32. The maximum absolute atomic E-state index is 13.4. The van der Waals surface area contributed by atoms with Gasteiger partial charge in [0.15, 0.2) is 19.7 Å². The summed E-state index contributed by atoms with van der Waals surface area (Å²) >= 11 is 0. The predicted octanol–water partition coefficient (Wildman–Crippen LogP) is 11.3. The fourth-order valence-electron chi connectivity index (χ4n) is 5.48. The standard InChI is InChI=1S/C25H29O6PS.C17H29O6PS/c1-3-21(4-2)20-33(27,28)25-17-15-22(16-18-25)19-29-32(26,30-23-11-7-5-8-12-23)31-24-13-9-6-10-14-24;1-5-15(6-2)14-25(19,20)17-11-9-16(10-12-17)13-23-24(18,21-7-3)22-8-4/h5-18,21H,3-4,19-20H2,1-2H3;9-12,15H,5-8,13-14H2,1-4H3. The maximum atomic E-state index is 13.4. The molecule has 0 aliphatic carbocycles. The van der Waals surface area contributed by atoms with Gasteiger partial charge in [-0.25, -0.2) is 26.0 Å². The van der Waals surface area contributed by atoms with Crippen LogP contribution in [0.15, 0.2) is 119 Å². The maximum Gasteiger partial charge on any atom is 0.587 e. The highest BCUT2D eigenvalue weighted by atomic mass is 32.2. The zero-order valence-electron chi connectivity index (χ0n) is 34.2. The lowest BCUT2D eigenvalue weighted by atomic mass is 10.1. The number of hydrogen-bond donors (Lipinski definition) is 0. The third-order valence-electron chi connectivity index (χ3n) is 9.06. The highest BCUT2D eigenvalue weighted by Crippen LogP contribution is 2.51. The van der Waals surface area contributed by atoms with Gasteiger partial charge in [0.05, 0.1) is 47.7 Å². The molecule has 0 unspecified atom stereocenters. The van der Waals surface area contributed by atoms with Crippen molar-refractivity contribution in [3.05, 3.63) is 120 Å². The number of hydrogen-bond acceptors (Lipinski definition) is 12. The molecule has 0 saturated carbocycles. The van der Waals surface area contributed by atoms with Crippen LogP contribution in [0.5, 0.6) is 11.5 Å². The van der Waals surface area contributed by atoms with Crippen LogP contribution in [0.3, 0.4) is 0 Å². The van der Waals surface area contributed by atoms with Crippen LogP contribution >= 0.6 is 15.6 Å². The molecule has 0 fully saturated rings.